The van der Waals surface area contributed by atoms with E-state index in [0.717, 1.165) is 27.0 Å². The van der Waals surface area contributed by atoms with E-state index in [1.54, 1.807) is 6.92 Å². The summed E-state index contributed by atoms with van der Waals surface area (Å²) in [4.78, 5) is 26.2. The highest BCUT2D eigenvalue weighted by atomic mass is 79.9. The molecule has 8 nitrogen and oxygen atoms in total. The number of nitrogens with zero attached hydrogens (tertiary/aromatic N) is 3. The van der Waals surface area contributed by atoms with Gasteiger partial charge in [0.15, 0.2) is 0 Å². The van der Waals surface area contributed by atoms with Crippen molar-refractivity contribution in [3.8, 4) is 0 Å². The van der Waals surface area contributed by atoms with Gasteiger partial charge in [0.1, 0.15) is 6.04 Å². The lowest BCUT2D eigenvalue weighted by Crippen LogP contribution is -2.32. The zero-order valence-electron chi connectivity index (χ0n) is 19.6. The number of hydrogen-bond acceptors (Lipinski definition) is 7. The standard InChI is InChI=1S/C26H26BrN7O/c1-16-4-10-21(11-5-16)30-25-32-24(33-26(34-25)31-22-12-6-17(2)7-13-22)28-18(3)23(35)29-20-14-8-19(27)9-15-20/h4-15,18H,1-3H3,(H,29,35)(H3,28,30,31,32,33,34)/t18-/m1/s1. The Bertz CT molecular complexity index is 1230. The monoisotopic (exact) mass is 531 g/mol. The van der Waals surface area contributed by atoms with Gasteiger partial charge in [0.05, 0.1) is 0 Å². The summed E-state index contributed by atoms with van der Waals surface area (Å²) >= 11 is 3.39. The van der Waals surface area contributed by atoms with Gasteiger partial charge < -0.3 is 21.3 Å². The number of nitrogens with one attached hydrogen (secondary N) is 4. The van der Waals surface area contributed by atoms with Crippen LogP contribution in [-0.2, 0) is 4.79 Å². The average molecular weight is 532 g/mol. The van der Waals surface area contributed by atoms with Crippen LogP contribution in [0, 0.1) is 13.8 Å². The fourth-order valence-corrected chi connectivity index (χ4v) is 3.39. The fraction of sp³-hybridized carbons (Fsp3) is 0.154. The second-order valence-corrected chi connectivity index (χ2v) is 9.07. The van der Waals surface area contributed by atoms with Crippen LogP contribution in [0.25, 0.3) is 0 Å². The summed E-state index contributed by atoms with van der Waals surface area (Å²) in [5, 5.41) is 12.4. The Morgan fingerprint density at radius 2 is 1.11 bits per heavy atom. The van der Waals surface area contributed by atoms with Gasteiger partial charge in [-0.25, -0.2) is 0 Å². The topological polar surface area (TPSA) is 104 Å². The van der Waals surface area contributed by atoms with Crippen molar-refractivity contribution in [3.63, 3.8) is 0 Å². The van der Waals surface area contributed by atoms with Crippen molar-refractivity contribution in [2.45, 2.75) is 26.8 Å². The van der Waals surface area contributed by atoms with Gasteiger partial charge in [-0.15, -0.1) is 0 Å². The van der Waals surface area contributed by atoms with Crippen molar-refractivity contribution >= 4 is 56.7 Å². The summed E-state index contributed by atoms with van der Waals surface area (Å²) in [5.74, 6) is 0.750. The predicted molar refractivity (Wildman–Crippen MR) is 145 cm³/mol. The Morgan fingerprint density at radius 3 is 1.60 bits per heavy atom. The highest BCUT2D eigenvalue weighted by molar-refractivity contribution is 9.10. The van der Waals surface area contributed by atoms with Gasteiger partial charge in [-0.2, -0.15) is 15.0 Å². The Morgan fingerprint density at radius 1 is 0.686 bits per heavy atom. The molecule has 0 aliphatic heterocycles. The number of carbonyl (C=O) groups excluding carboxylic acids is 1. The molecule has 1 aromatic heterocycles. The van der Waals surface area contributed by atoms with Crippen LogP contribution in [0.4, 0.5) is 34.9 Å². The van der Waals surface area contributed by atoms with Crippen LogP contribution >= 0.6 is 15.9 Å². The van der Waals surface area contributed by atoms with E-state index in [2.05, 4.69) is 52.1 Å². The number of halogens is 1. The van der Waals surface area contributed by atoms with E-state index in [0.29, 0.717) is 17.6 Å². The minimum atomic E-state index is -0.597. The molecule has 0 radical (unpaired) electrons. The van der Waals surface area contributed by atoms with E-state index in [1.807, 2.05) is 86.6 Å². The Balaban J connectivity index is 1.54. The maximum absolute atomic E-state index is 12.7. The molecule has 1 amide bonds. The van der Waals surface area contributed by atoms with E-state index in [4.69, 9.17) is 0 Å². The smallest absolute Gasteiger partial charge is 0.246 e. The number of amides is 1. The number of aryl methyl sites for hydroxylation is 2. The van der Waals surface area contributed by atoms with Crippen LogP contribution in [0.5, 0.6) is 0 Å². The van der Waals surface area contributed by atoms with Gasteiger partial charge in [0.25, 0.3) is 0 Å². The third-order valence-corrected chi connectivity index (χ3v) is 5.63. The molecular formula is C26H26BrN7O. The summed E-state index contributed by atoms with van der Waals surface area (Å²) < 4.78 is 0.939. The lowest BCUT2D eigenvalue weighted by molar-refractivity contribution is -0.116. The quantitative estimate of drug-likeness (QED) is 0.215. The van der Waals surface area contributed by atoms with Crippen molar-refractivity contribution in [3.05, 3.63) is 88.4 Å². The SMILES string of the molecule is Cc1ccc(Nc2nc(Nc3ccc(C)cc3)nc(N[C@H](C)C(=O)Nc3ccc(Br)cc3)n2)cc1. The second-order valence-electron chi connectivity index (χ2n) is 8.15. The second kappa shape index (κ2) is 11.0. The third kappa shape index (κ3) is 7.00. The van der Waals surface area contributed by atoms with E-state index in [9.17, 15) is 4.79 Å². The first-order valence-corrected chi connectivity index (χ1v) is 11.9. The molecule has 4 aromatic rings. The highest BCUT2D eigenvalue weighted by Gasteiger charge is 2.16. The van der Waals surface area contributed by atoms with Crippen LogP contribution < -0.4 is 21.3 Å². The van der Waals surface area contributed by atoms with Gasteiger partial charge in [-0.1, -0.05) is 51.3 Å². The summed E-state index contributed by atoms with van der Waals surface area (Å²) in [6.07, 6.45) is 0. The first-order valence-electron chi connectivity index (χ1n) is 11.1. The van der Waals surface area contributed by atoms with Gasteiger partial charge in [-0.3, -0.25) is 4.79 Å². The normalized spacial score (nSPS) is 11.4. The molecule has 0 unspecified atom stereocenters. The molecule has 0 saturated heterocycles. The predicted octanol–water partition coefficient (Wildman–Crippen LogP) is 6.18. The van der Waals surface area contributed by atoms with E-state index < -0.39 is 6.04 Å². The summed E-state index contributed by atoms with van der Waals surface area (Å²) in [6.45, 7) is 5.80. The maximum atomic E-state index is 12.7. The zero-order chi connectivity index (χ0) is 24.8. The molecule has 1 atom stereocenters. The van der Waals surface area contributed by atoms with E-state index in [-0.39, 0.29) is 11.9 Å². The molecule has 35 heavy (non-hydrogen) atoms. The Hall–Kier alpha value is -3.98. The Kier molecular flexibility index (Phi) is 7.57. The Labute approximate surface area is 212 Å². The van der Waals surface area contributed by atoms with Crippen LogP contribution in [0.1, 0.15) is 18.1 Å². The number of hydrogen-bond donors (Lipinski definition) is 4. The molecule has 0 fully saturated rings. The van der Waals surface area contributed by atoms with Crippen molar-refractivity contribution in [1.82, 2.24) is 15.0 Å². The van der Waals surface area contributed by atoms with E-state index in [1.165, 1.54) is 0 Å². The zero-order valence-corrected chi connectivity index (χ0v) is 21.2. The molecule has 0 aliphatic carbocycles. The largest absolute Gasteiger partial charge is 0.342 e. The molecule has 3 aromatic carbocycles. The summed E-state index contributed by atoms with van der Waals surface area (Å²) in [6, 6.07) is 22.6. The number of rotatable bonds is 8. The first-order chi connectivity index (χ1) is 16.8. The minimum Gasteiger partial charge on any atom is -0.342 e. The van der Waals surface area contributed by atoms with Crippen molar-refractivity contribution in [1.29, 1.82) is 0 Å². The fourth-order valence-electron chi connectivity index (χ4n) is 3.13. The molecule has 0 bridgehead atoms. The van der Waals surface area contributed by atoms with Crippen LogP contribution in [0.3, 0.4) is 0 Å². The first kappa shape index (κ1) is 24.2. The molecule has 0 saturated carbocycles. The van der Waals surface area contributed by atoms with Gasteiger partial charge >= 0.3 is 0 Å². The molecule has 4 rings (SSSR count). The lowest BCUT2D eigenvalue weighted by atomic mass is 10.2. The number of aromatic nitrogens is 3. The summed E-state index contributed by atoms with van der Waals surface area (Å²) in [5.41, 5.74) is 4.69. The number of benzene rings is 3. The number of carbonyl (C=O) groups is 1. The van der Waals surface area contributed by atoms with Crippen molar-refractivity contribution in [2.75, 3.05) is 21.3 Å². The molecule has 1 heterocycles. The van der Waals surface area contributed by atoms with Gasteiger partial charge in [-0.05, 0) is 69.3 Å². The van der Waals surface area contributed by atoms with Crippen LogP contribution in [-0.4, -0.2) is 26.9 Å². The minimum absolute atomic E-state index is 0.214. The van der Waals surface area contributed by atoms with Crippen molar-refractivity contribution < 1.29 is 4.79 Å². The van der Waals surface area contributed by atoms with Crippen LogP contribution in [0.2, 0.25) is 0 Å². The molecule has 178 valence electrons. The molecular weight excluding hydrogens is 506 g/mol. The molecule has 4 N–H and O–H groups in total. The average Bonchev–Trinajstić information content (AvgIpc) is 2.83. The van der Waals surface area contributed by atoms with Crippen LogP contribution in [0.15, 0.2) is 77.3 Å². The highest BCUT2D eigenvalue weighted by Crippen LogP contribution is 2.20. The number of anilines is 6. The third-order valence-electron chi connectivity index (χ3n) is 5.10. The van der Waals surface area contributed by atoms with Gasteiger partial charge in [0, 0.05) is 21.5 Å². The van der Waals surface area contributed by atoms with Crippen molar-refractivity contribution in [2.24, 2.45) is 0 Å². The molecule has 9 heteroatoms. The maximum Gasteiger partial charge on any atom is 0.246 e. The lowest BCUT2D eigenvalue weighted by Gasteiger charge is -2.16. The summed E-state index contributed by atoms with van der Waals surface area (Å²) in [7, 11) is 0. The molecule has 0 aliphatic rings. The molecule has 0 spiro atoms. The van der Waals surface area contributed by atoms with Gasteiger partial charge in [0.2, 0.25) is 23.8 Å². The van der Waals surface area contributed by atoms with E-state index >= 15 is 0 Å².